The van der Waals surface area contributed by atoms with Crippen LogP contribution in [-0.4, -0.2) is 56.3 Å². The van der Waals surface area contributed by atoms with Crippen molar-refractivity contribution in [3.63, 3.8) is 0 Å². The molecule has 3 aromatic heterocycles. The molecule has 1 fully saturated rings. The molecule has 0 bridgehead atoms. The van der Waals surface area contributed by atoms with Gasteiger partial charge < -0.3 is 14.2 Å². The summed E-state index contributed by atoms with van der Waals surface area (Å²) in [5, 5.41) is 0.256. The number of halogens is 2. The first-order valence-electron chi connectivity index (χ1n) is 11.0. The van der Waals surface area contributed by atoms with Gasteiger partial charge in [0.1, 0.15) is 17.3 Å². The van der Waals surface area contributed by atoms with Gasteiger partial charge in [-0.1, -0.05) is 11.6 Å². The maximum absolute atomic E-state index is 14.9. The standard InChI is InChI=1S/C24H22ClFN6O3/c1-13-14(2)28-22-20(17-5-4-16(25)10-18(17)26)29-19(11-32(22)23(13)33)30-6-8-31(9-7-30)24(34)21-15(3)27-12-35-21/h4-5,10-12H,6-9H2,1-3H3. The first kappa shape index (κ1) is 23.0. The predicted molar refractivity (Wildman–Crippen MR) is 128 cm³/mol. The highest BCUT2D eigenvalue weighted by molar-refractivity contribution is 6.30. The van der Waals surface area contributed by atoms with Gasteiger partial charge in [-0.15, -0.1) is 0 Å². The molecule has 5 rings (SSSR count). The summed E-state index contributed by atoms with van der Waals surface area (Å²) in [6.07, 6.45) is 2.87. The van der Waals surface area contributed by atoms with Gasteiger partial charge in [0, 0.05) is 48.0 Å². The number of carbonyl (C=O) groups is 1. The van der Waals surface area contributed by atoms with Crippen molar-refractivity contribution in [2.24, 2.45) is 0 Å². The van der Waals surface area contributed by atoms with E-state index in [2.05, 4.69) is 9.97 Å². The van der Waals surface area contributed by atoms with Crippen molar-refractivity contribution in [1.29, 1.82) is 0 Å². The maximum Gasteiger partial charge on any atom is 0.291 e. The molecule has 9 nitrogen and oxygen atoms in total. The Morgan fingerprint density at radius 3 is 2.49 bits per heavy atom. The number of oxazole rings is 1. The number of hydrogen-bond donors (Lipinski definition) is 0. The van der Waals surface area contributed by atoms with Crippen molar-refractivity contribution < 1.29 is 13.6 Å². The molecule has 0 N–H and O–H groups in total. The zero-order chi connectivity index (χ0) is 24.9. The summed E-state index contributed by atoms with van der Waals surface area (Å²) in [5.74, 6) is -0.0702. The molecule has 1 aliphatic rings. The number of carbonyl (C=O) groups excluding carboxylic acids is 1. The van der Waals surface area contributed by atoms with Crippen LogP contribution in [0.2, 0.25) is 5.02 Å². The van der Waals surface area contributed by atoms with Crippen molar-refractivity contribution in [3.05, 3.63) is 74.7 Å². The van der Waals surface area contributed by atoms with E-state index in [0.717, 1.165) is 0 Å². The molecule has 0 aliphatic carbocycles. The second kappa shape index (κ2) is 8.77. The molecular weight excluding hydrogens is 475 g/mol. The maximum atomic E-state index is 14.9. The summed E-state index contributed by atoms with van der Waals surface area (Å²) in [5.41, 5.74) is 2.04. The summed E-state index contributed by atoms with van der Waals surface area (Å²) in [7, 11) is 0. The molecular formula is C24H22ClFN6O3. The number of hydrogen-bond acceptors (Lipinski definition) is 7. The fourth-order valence-electron chi connectivity index (χ4n) is 4.13. The number of aromatic nitrogens is 4. The topological polar surface area (TPSA) is 96.8 Å². The van der Waals surface area contributed by atoms with Crippen LogP contribution in [0.15, 0.2) is 40.0 Å². The number of anilines is 1. The van der Waals surface area contributed by atoms with Gasteiger partial charge in [-0.3, -0.25) is 14.0 Å². The predicted octanol–water partition coefficient (Wildman–Crippen LogP) is 3.42. The monoisotopic (exact) mass is 496 g/mol. The Hall–Kier alpha value is -3.79. The van der Waals surface area contributed by atoms with Gasteiger partial charge in [-0.2, -0.15) is 0 Å². The Labute approximate surface area is 204 Å². The Morgan fingerprint density at radius 1 is 1.09 bits per heavy atom. The van der Waals surface area contributed by atoms with Crippen molar-refractivity contribution >= 4 is 29.0 Å². The molecule has 1 saturated heterocycles. The lowest BCUT2D eigenvalue weighted by Crippen LogP contribution is -2.49. The molecule has 4 heterocycles. The number of fused-ring (bicyclic) bond motifs is 1. The number of rotatable bonds is 3. The Kier molecular flexibility index (Phi) is 5.76. The summed E-state index contributed by atoms with van der Waals surface area (Å²) < 4.78 is 21.6. The minimum absolute atomic E-state index is 0.193. The van der Waals surface area contributed by atoms with E-state index in [1.54, 1.807) is 37.9 Å². The third-order valence-corrected chi connectivity index (χ3v) is 6.52. The normalized spacial score (nSPS) is 14.1. The molecule has 0 spiro atoms. The lowest BCUT2D eigenvalue weighted by molar-refractivity contribution is 0.0713. The van der Waals surface area contributed by atoms with Gasteiger partial charge in [0.2, 0.25) is 5.76 Å². The smallest absolute Gasteiger partial charge is 0.291 e. The van der Waals surface area contributed by atoms with Crippen LogP contribution in [-0.2, 0) is 0 Å². The van der Waals surface area contributed by atoms with Crippen molar-refractivity contribution in [1.82, 2.24) is 24.3 Å². The summed E-state index contributed by atoms with van der Waals surface area (Å²) in [6, 6.07) is 4.30. The summed E-state index contributed by atoms with van der Waals surface area (Å²) in [4.78, 5) is 42.8. The first-order chi connectivity index (χ1) is 16.7. The Balaban J connectivity index is 1.54. The molecule has 4 aromatic rings. The molecule has 1 amide bonds. The minimum Gasteiger partial charge on any atom is -0.438 e. The largest absolute Gasteiger partial charge is 0.438 e. The number of nitrogens with zero attached hydrogens (tertiary/aromatic N) is 6. The van der Waals surface area contributed by atoms with Crippen LogP contribution in [0, 0.1) is 26.6 Å². The highest BCUT2D eigenvalue weighted by Crippen LogP contribution is 2.29. The molecule has 35 heavy (non-hydrogen) atoms. The van der Waals surface area contributed by atoms with Crippen LogP contribution >= 0.6 is 11.6 Å². The molecule has 0 radical (unpaired) electrons. The first-order valence-corrected chi connectivity index (χ1v) is 11.4. The van der Waals surface area contributed by atoms with Crippen LogP contribution in [0.1, 0.15) is 27.5 Å². The van der Waals surface area contributed by atoms with Gasteiger partial charge in [-0.25, -0.2) is 19.3 Å². The van der Waals surface area contributed by atoms with Crippen LogP contribution in [0.25, 0.3) is 16.9 Å². The molecule has 1 aliphatic heterocycles. The van der Waals surface area contributed by atoms with E-state index < -0.39 is 5.82 Å². The van der Waals surface area contributed by atoms with Crippen LogP contribution in [0.3, 0.4) is 0 Å². The van der Waals surface area contributed by atoms with Crippen LogP contribution in [0.4, 0.5) is 10.2 Å². The number of piperazine rings is 1. The third-order valence-electron chi connectivity index (χ3n) is 6.28. The zero-order valence-electron chi connectivity index (χ0n) is 19.4. The van der Waals surface area contributed by atoms with E-state index in [9.17, 15) is 14.0 Å². The van der Waals surface area contributed by atoms with E-state index >= 15 is 0 Å². The highest BCUT2D eigenvalue weighted by Gasteiger charge is 2.27. The highest BCUT2D eigenvalue weighted by atomic mass is 35.5. The second-order valence-corrected chi connectivity index (χ2v) is 8.88. The lowest BCUT2D eigenvalue weighted by Gasteiger charge is -2.35. The minimum atomic E-state index is -0.561. The van der Waals surface area contributed by atoms with Crippen molar-refractivity contribution in [2.45, 2.75) is 20.8 Å². The fraction of sp³-hybridized carbons (Fsp3) is 0.292. The summed E-state index contributed by atoms with van der Waals surface area (Å²) >= 11 is 5.95. The molecule has 11 heteroatoms. The second-order valence-electron chi connectivity index (χ2n) is 8.44. The van der Waals surface area contributed by atoms with Crippen LogP contribution in [0.5, 0.6) is 0 Å². The van der Waals surface area contributed by atoms with E-state index in [0.29, 0.717) is 48.9 Å². The quantitative estimate of drug-likeness (QED) is 0.428. The lowest BCUT2D eigenvalue weighted by atomic mass is 10.1. The summed E-state index contributed by atoms with van der Waals surface area (Å²) in [6.45, 7) is 6.93. The van der Waals surface area contributed by atoms with Gasteiger partial charge in [-0.05, 0) is 39.0 Å². The fourth-order valence-corrected chi connectivity index (χ4v) is 4.29. The number of benzene rings is 1. The molecule has 1 aromatic carbocycles. The SMILES string of the molecule is Cc1ncoc1C(=O)N1CCN(c2cn3c(=O)c(C)c(C)nc3c(-c3ccc(Cl)cc3F)n2)CC1. The van der Waals surface area contributed by atoms with E-state index in [-0.39, 0.29) is 39.2 Å². The number of amides is 1. The third kappa shape index (κ3) is 4.03. The van der Waals surface area contributed by atoms with Crippen molar-refractivity contribution in [3.8, 4) is 11.3 Å². The zero-order valence-corrected chi connectivity index (χ0v) is 20.1. The molecule has 0 unspecified atom stereocenters. The van der Waals surface area contributed by atoms with E-state index in [1.165, 1.54) is 22.9 Å². The van der Waals surface area contributed by atoms with Crippen molar-refractivity contribution in [2.75, 3.05) is 31.1 Å². The molecule has 180 valence electrons. The Morgan fingerprint density at radius 2 is 1.83 bits per heavy atom. The van der Waals surface area contributed by atoms with Gasteiger partial charge in [0.25, 0.3) is 11.5 Å². The van der Waals surface area contributed by atoms with Gasteiger partial charge in [0.05, 0.1) is 11.9 Å². The average molecular weight is 497 g/mol. The number of aryl methyl sites for hydroxylation is 2. The average Bonchev–Trinajstić information content (AvgIpc) is 3.28. The Bertz CT molecular complexity index is 1520. The van der Waals surface area contributed by atoms with E-state index in [4.69, 9.17) is 21.0 Å². The van der Waals surface area contributed by atoms with Crippen LogP contribution < -0.4 is 10.5 Å². The van der Waals surface area contributed by atoms with Gasteiger partial charge in [0.15, 0.2) is 12.0 Å². The molecule has 0 atom stereocenters. The van der Waals surface area contributed by atoms with Gasteiger partial charge >= 0.3 is 0 Å². The molecule has 0 saturated carbocycles. The van der Waals surface area contributed by atoms with E-state index in [1.807, 2.05) is 4.90 Å².